The van der Waals surface area contributed by atoms with E-state index in [0.29, 0.717) is 5.41 Å². The minimum Gasteiger partial charge on any atom is -0.496 e. The number of pyridine rings is 1. The Labute approximate surface area is 556 Å². The molecule has 0 fully saturated rings. The Balaban J connectivity index is 0.000000521. The summed E-state index contributed by atoms with van der Waals surface area (Å²) in [7, 11) is 1.71. The molecule has 91 heavy (non-hydrogen) atoms. The minimum absolute atomic E-state index is 0.0338. The number of nitriles is 2. The van der Waals surface area contributed by atoms with E-state index >= 15 is 0 Å². The number of aryl methyl sites for hydroxylation is 2. The fourth-order valence-corrected chi connectivity index (χ4v) is 9.50. The lowest BCUT2D eigenvalue weighted by Gasteiger charge is -2.21. The SMILES string of the molecule is CC(=O)Nc1ccc(C(C)(C)C)cc1.CC(C)(C)C1=CCCC1.CC(C)(C)c1cccc(C#N)c1.CC(C)(C)c1ccccc1C#N.CC(C)(C)c1cccnc1.COc1ccccc1C(C)(C)C.Cc1cccc(C(C)(C)C)c1.Cc1ccccc1C(C)(C)C. The van der Waals surface area contributed by atoms with Crippen LogP contribution in [0.1, 0.15) is 254 Å². The van der Waals surface area contributed by atoms with Gasteiger partial charge in [0.1, 0.15) is 5.75 Å². The van der Waals surface area contributed by atoms with Crippen molar-refractivity contribution >= 4 is 11.6 Å². The number of benzene rings is 6. The first-order valence-electron chi connectivity index (χ1n) is 32.5. The molecular formula is C85H120N4O2. The zero-order valence-corrected chi connectivity index (χ0v) is 62.0. The number of methoxy groups -OCH3 is 1. The predicted octanol–water partition coefficient (Wildman–Crippen LogP) is 23.8. The van der Waals surface area contributed by atoms with Crippen molar-refractivity contribution in [2.75, 3.05) is 12.4 Å². The highest BCUT2D eigenvalue weighted by Crippen LogP contribution is 2.34. The van der Waals surface area contributed by atoms with E-state index in [1.807, 2.05) is 97.2 Å². The van der Waals surface area contributed by atoms with Gasteiger partial charge in [-0.25, -0.2) is 0 Å². The van der Waals surface area contributed by atoms with E-state index in [0.717, 1.165) is 28.1 Å². The van der Waals surface area contributed by atoms with E-state index < -0.39 is 0 Å². The second-order valence-corrected chi connectivity index (χ2v) is 31.9. The van der Waals surface area contributed by atoms with Crippen molar-refractivity contribution in [3.63, 3.8) is 0 Å². The maximum absolute atomic E-state index is 10.8. The molecule has 8 rings (SSSR count). The number of aromatic nitrogens is 1. The predicted molar refractivity (Wildman–Crippen MR) is 395 cm³/mol. The van der Waals surface area contributed by atoms with Gasteiger partial charge in [-0.15, -0.1) is 0 Å². The number of hydrogen-bond donors (Lipinski definition) is 1. The largest absolute Gasteiger partial charge is 0.496 e. The third-order valence-electron chi connectivity index (χ3n) is 15.1. The van der Waals surface area contributed by atoms with Gasteiger partial charge in [0, 0.05) is 25.0 Å². The second-order valence-electron chi connectivity index (χ2n) is 31.9. The average Bonchev–Trinajstić information content (AvgIpc) is 2.79. The van der Waals surface area contributed by atoms with E-state index in [4.69, 9.17) is 15.3 Å². The summed E-state index contributed by atoms with van der Waals surface area (Å²) in [5.74, 6) is 0.943. The van der Waals surface area contributed by atoms with Crippen LogP contribution in [0, 0.1) is 41.9 Å². The van der Waals surface area contributed by atoms with E-state index in [-0.39, 0.29) is 43.8 Å². The van der Waals surface area contributed by atoms with Gasteiger partial charge in [0.2, 0.25) is 5.91 Å². The van der Waals surface area contributed by atoms with Crippen molar-refractivity contribution in [3.8, 4) is 17.9 Å². The Morgan fingerprint density at radius 3 is 1.26 bits per heavy atom. The molecule has 6 aromatic carbocycles. The van der Waals surface area contributed by atoms with Gasteiger partial charge < -0.3 is 10.1 Å². The molecule has 1 heterocycles. The van der Waals surface area contributed by atoms with Crippen LogP contribution in [0.3, 0.4) is 0 Å². The molecule has 0 saturated heterocycles. The van der Waals surface area contributed by atoms with Crippen LogP contribution in [-0.4, -0.2) is 18.0 Å². The Bertz CT molecular complexity index is 3370. The maximum atomic E-state index is 10.8. The van der Waals surface area contributed by atoms with Gasteiger partial charge in [-0.05, 0) is 163 Å². The number of rotatable bonds is 2. The van der Waals surface area contributed by atoms with Crippen molar-refractivity contribution in [2.45, 2.75) is 244 Å². The molecule has 1 aromatic heterocycles. The average molecular weight is 1230 g/mol. The molecule has 0 aliphatic heterocycles. The van der Waals surface area contributed by atoms with Crippen LogP contribution in [0.4, 0.5) is 5.69 Å². The smallest absolute Gasteiger partial charge is 0.221 e. The normalized spacial score (nSPS) is 12.1. The lowest BCUT2D eigenvalue weighted by Crippen LogP contribution is -2.12. The van der Waals surface area contributed by atoms with Crippen molar-refractivity contribution in [3.05, 3.63) is 243 Å². The van der Waals surface area contributed by atoms with Gasteiger partial charge in [-0.3, -0.25) is 9.78 Å². The molecule has 0 bridgehead atoms. The zero-order chi connectivity index (χ0) is 69.8. The molecule has 1 N–H and O–H groups in total. The van der Waals surface area contributed by atoms with Crippen LogP contribution in [0.5, 0.6) is 5.75 Å². The van der Waals surface area contributed by atoms with E-state index in [1.54, 1.807) is 18.9 Å². The molecule has 0 radical (unpaired) electrons. The molecule has 492 valence electrons. The fraction of sp³-hybridized carbons (Fsp3) is 0.459. The molecule has 7 aromatic rings. The summed E-state index contributed by atoms with van der Waals surface area (Å²) >= 11 is 0. The summed E-state index contributed by atoms with van der Waals surface area (Å²) in [5.41, 5.74) is 17.5. The van der Waals surface area contributed by atoms with Crippen LogP contribution in [0.25, 0.3) is 0 Å². The summed E-state index contributed by atoms with van der Waals surface area (Å²) in [6.45, 7) is 58.5. The lowest BCUT2D eigenvalue weighted by atomic mass is 9.84. The van der Waals surface area contributed by atoms with Crippen molar-refractivity contribution in [1.29, 1.82) is 10.5 Å². The van der Waals surface area contributed by atoms with Crippen LogP contribution >= 0.6 is 0 Å². The van der Waals surface area contributed by atoms with Gasteiger partial charge >= 0.3 is 0 Å². The van der Waals surface area contributed by atoms with E-state index in [2.05, 4.69) is 275 Å². The second kappa shape index (κ2) is 36.5. The molecule has 0 saturated carbocycles. The molecule has 1 aliphatic rings. The third-order valence-corrected chi connectivity index (χ3v) is 15.1. The molecule has 1 aliphatic carbocycles. The first-order chi connectivity index (χ1) is 41.8. The van der Waals surface area contributed by atoms with Gasteiger partial charge in [-0.2, -0.15) is 10.5 Å². The number of para-hydroxylation sites is 1. The fourth-order valence-electron chi connectivity index (χ4n) is 9.50. The lowest BCUT2D eigenvalue weighted by molar-refractivity contribution is -0.114. The highest BCUT2D eigenvalue weighted by atomic mass is 16.5. The Morgan fingerprint density at radius 1 is 0.462 bits per heavy atom. The van der Waals surface area contributed by atoms with Crippen molar-refractivity contribution < 1.29 is 9.53 Å². The topological polar surface area (TPSA) is 98.8 Å². The summed E-state index contributed by atoms with van der Waals surface area (Å²) in [6, 6.07) is 57.3. The Kier molecular flexibility index (Phi) is 32.7. The zero-order valence-electron chi connectivity index (χ0n) is 62.0. The molecule has 0 unspecified atom stereocenters. The number of nitrogens with zero attached hydrogens (tertiary/aromatic N) is 3. The number of anilines is 1. The monoisotopic (exact) mass is 1230 g/mol. The van der Waals surface area contributed by atoms with Gasteiger partial charge in [0.05, 0.1) is 30.4 Å². The number of carbonyl (C=O) groups is 1. The number of allylic oxidation sites excluding steroid dienone is 2. The first kappa shape index (κ1) is 81.5. The van der Waals surface area contributed by atoms with Gasteiger partial charge in [0.25, 0.3) is 0 Å². The van der Waals surface area contributed by atoms with Crippen molar-refractivity contribution in [1.82, 2.24) is 4.98 Å². The maximum Gasteiger partial charge on any atom is 0.221 e. The summed E-state index contributed by atoms with van der Waals surface area (Å²) in [5, 5.41) is 20.3. The molecular weight excluding hydrogens is 1110 g/mol. The van der Waals surface area contributed by atoms with Crippen LogP contribution < -0.4 is 10.1 Å². The molecule has 6 nitrogen and oxygen atoms in total. The number of hydrogen-bond acceptors (Lipinski definition) is 5. The van der Waals surface area contributed by atoms with Crippen LogP contribution in [-0.2, 0) is 42.7 Å². The first-order valence-corrected chi connectivity index (χ1v) is 32.5. The van der Waals surface area contributed by atoms with Gasteiger partial charge in [0.15, 0.2) is 0 Å². The number of nitrogens with one attached hydrogen (secondary N) is 1. The number of ether oxygens (including phenoxy) is 1. The highest BCUT2D eigenvalue weighted by molar-refractivity contribution is 5.88. The Hall–Kier alpha value is -7.54. The summed E-state index contributed by atoms with van der Waals surface area (Å²) in [6.07, 6.45) is 10.2. The molecule has 0 atom stereocenters. The summed E-state index contributed by atoms with van der Waals surface area (Å²) in [4.78, 5) is 14.8. The highest BCUT2D eigenvalue weighted by Gasteiger charge is 2.21. The molecule has 1 amide bonds. The third kappa shape index (κ3) is 32.3. The number of amides is 1. The summed E-state index contributed by atoms with van der Waals surface area (Å²) < 4.78 is 5.27. The molecule has 6 heteroatoms. The minimum atomic E-state index is -0.0338. The van der Waals surface area contributed by atoms with Gasteiger partial charge in [-0.1, -0.05) is 299 Å². The van der Waals surface area contributed by atoms with Crippen LogP contribution in [0.2, 0.25) is 0 Å². The van der Waals surface area contributed by atoms with E-state index in [1.165, 1.54) is 70.7 Å². The quantitative estimate of drug-likeness (QED) is 0.174. The molecule has 0 spiro atoms. The Morgan fingerprint density at radius 2 is 0.923 bits per heavy atom. The van der Waals surface area contributed by atoms with Crippen molar-refractivity contribution in [2.24, 2.45) is 5.41 Å². The van der Waals surface area contributed by atoms with Crippen LogP contribution in [0.15, 0.2) is 182 Å². The number of carbonyl (C=O) groups excluding carboxylic acids is 1. The standard InChI is InChI=1S/C12H17NO.2C11H13N.C11H16O.2C11H16.C9H13N.C9H16/c1-9(14)13-11-7-5-10(6-8-11)12(2,3)4;1-11(2,3)10-6-4-5-9(7-10)8-12;1-11(2,3)10-7-5-4-6-9(10)8-12;1-11(2,3)9-7-5-6-8-10(9)12-4;1-9-6-5-7-10(8-9)11(2,3)4;1-9-7-5-6-8-10(9)11(2,3)4;1-9(2,3)8-5-4-6-10-7-8;1-9(2,3)8-6-4-5-7-8/h5-8H,1-4H3,(H,13,14);2*4-7H,1-3H3;5-8H,1-4H3;2*5-8H,1-4H3;4-7H,1-3H3;6H,4-5,7H2,1-3H3. The van der Waals surface area contributed by atoms with E-state index in [9.17, 15) is 4.79 Å².